The van der Waals surface area contributed by atoms with Gasteiger partial charge < -0.3 is 4.74 Å². The van der Waals surface area contributed by atoms with Crippen LogP contribution >= 0.6 is 0 Å². The molecule has 0 aliphatic heterocycles. The lowest BCUT2D eigenvalue weighted by molar-refractivity contribution is -0.144. The Labute approximate surface area is 146 Å². The molecule has 1 aromatic carbocycles. The van der Waals surface area contributed by atoms with E-state index in [0.717, 1.165) is 24.1 Å². The van der Waals surface area contributed by atoms with Crippen molar-refractivity contribution in [2.45, 2.75) is 44.9 Å². The fraction of sp³-hybridized carbons (Fsp3) is 0.450. The van der Waals surface area contributed by atoms with Crippen LogP contribution in [0.15, 0.2) is 30.3 Å². The van der Waals surface area contributed by atoms with Gasteiger partial charge in [-0.25, -0.2) is 4.39 Å². The highest BCUT2D eigenvalue weighted by Crippen LogP contribution is 2.67. The zero-order valence-corrected chi connectivity index (χ0v) is 14.7. The number of carbonyl (C=O) groups is 1. The predicted molar refractivity (Wildman–Crippen MR) is 91.5 cm³/mol. The summed E-state index contributed by atoms with van der Waals surface area (Å²) in [4.78, 5) is 11.4. The maximum Gasteiger partial charge on any atom is 0.302 e. The van der Waals surface area contributed by atoms with Gasteiger partial charge in [0.15, 0.2) is 0 Å². The zero-order valence-electron chi connectivity index (χ0n) is 14.7. The third kappa shape index (κ3) is 2.14. The van der Waals surface area contributed by atoms with E-state index >= 15 is 0 Å². The first-order valence-electron chi connectivity index (χ1n) is 8.63. The van der Waals surface area contributed by atoms with Crippen LogP contribution in [0.3, 0.4) is 0 Å². The predicted octanol–water partition coefficient (Wildman–Crippen LogP) is 4.00. The van der Waals surface area contributed by atoms with E-state index in [1.807, 2.05) is 6.07 Å². The van der Waals surface area contributed by atoms with Crippen molar-refractivity contribution in [1.29, 1.82) is 0 Å². The molecule has 2 aliphatic rings. The van der Waals surface area contributed by atoms with Gasteiger partial charge in [0.25, 0.3) is 0 Å². The van der Waals surface area contributed by atoms with Crippen molar-refractivity contribution in [3.63, 3.8) is 0 Å². The van der Waals surface area contributed by atoms with Crippen LogP contribution in [0.1, 0.15) is 50.8 Å². The first-order chi connectivity index (χ1) is 11.9. The van der Waals surface area contributed by atoms with Gasteiger partial charge in [0, 0.05) is 12.5 Å². The van der Waals surface area contributed by atoms with Crippen LogP contribution in [0.4, 0.5) is 4.39 Å². The second kappa shape index (κ2) is 5.35. The lowest BCUT2D eigenvalue weighted by atomic mass is 9.69. The first-order valence-corrected chi connectivity index (χ1v) is 8.63. The molecule has 0 amide bonds. The Morgan fingerprint density at radius 3 is 2.80 bits per heavy atom. The number of benzene rings is 1. The summed E-state index contributed by atoms with van der Waals surface area (Å²) in [6.07, 6.45) is 1.95. The lowest BCUT2D eigenvalue weighted by Crippen LogP contribution is -2.40. The Hall–Kier alpha value is -2.30. The molecule has 4 rings (SSSR count). The second-order valence-corrected chi connectivity index (χ2v) is 7.69. The Kier molecular flexibility index (Phi) is 3.46. The number of esters is 1. The third-order valence-electron chi connectivity index (χ3n) is 6.29. The number of aromatic nitrogens is 2. The lowest BCUT2D eigenvalue weighted by Gasteiger charge is -2.37. The van der Waals surface area contributed by atoms with E-state index in [9.17, 15) is 9.18 Å². The summed E-state index contributed by atoms with van der Waals surface area (Å²) >= 11 is 0. The molecular weight excluding hydrogens is 319 g/mol. The van der Waals surface area contributed by atoms with E-state index in [-0.39, 0.29) is 22.6 Å². The molecule has 2 unspecified atom stereocenters. The van der Waals surface area contributed by atoms with Crippen LogP contribution in [0.25, 0.3) is 11.3 Å². The van der Waals surface area contributed by atoms with E-state index in [2.05, 4.69) is 24.0 Å². The van der Waals surface area contributed by atoms with Crippen molar-refractivity contribution in [2.24, 2.45) is 5.41 Å². The number of hydrogen-bond acceptors (Lipinski definition) is 4. The molecule has 1 aromatic heterocycles. The van der Waals surface area contributed by atoms with E-state index in [0.29, 0.717) is 23.8 Å². The molecule has 2 bridgehead atoms. The van der Waals surface area contributed by atoms with E-state index in [1.54, 1.807) is 18.2 Å². The Morgan fingerprint density at radius 2 is 2.08 bits per heavy atom. The van der Waals surface area contributed by atoms with Gasteiger partial charge in [-0.1, -0.05) is 26.0 Å². The molecule has 0 radical (unpaired) electrons. The average Bonchev–Trinajstić information content (AvgIpc) is 2.94. The maximum absolute atomic E-state index is 14.1. The van der Waals surface area contributed by atoms with Gasteiger partial charge in [-0.3, -0.25) is 4.79 Å². The highest BCUT2D eigenvalue weighted by Gasteiger charge is 2.64. The molecule has 0 N–H and O–H groups in total. The van der Waals surface area contributed by atoms with Crippen molar-refractivity contribution in [3.8, 4) is 11.3 Å². The normalized spacial score (nSPS) is 25.7. The second-order valence-electron chi connectivity index (χ2n) is 7.69. The summed E-state index contributed by atoms with van der Waals surface area (Å²) in [6.45, 7) is 6.17. The maximum atomic E-state index is 14.1. The molecule has 4 nitrogen and oxygen atoms in total. The molecule has 2 aliphatic carbocycles. The van der Waals surface area contributed by atoms with Gasteiger partial charge in [0.1, 0.15) is 12.4 Å². The van der Waals surface area contributed by atoms with E-state index in [4.69, 9.17) is 4.74 Å². The summed E-state index contributed by atoms with van der Waals surface area (Å²) in [5.41, 5.74) is 2.68. The molecule has 1 heterocycles. The van der Waals surface area contributed by atoms with Crippen LogP contribution in [0, 0.1) is 11.2 Å². The van der Waals surface area contributed by atoms with Gasteiger partial charge in [-0.15, -0.1) is 0 Å². The minimum atomic E-state index is -0.306. The number of nitrogens with zero attached hydrogens (tertiary/aromatic N) is 2. The Morgan fingerprint density at radius 1 is 1.32 bits per heavy atom. The SMILES string of the molecule is CC(=O)OCC12CCC(c3cc(-c4ccccc4F)nnc31)C2(C)C. The van der Waals surface area contributed by atoms with Crippen molar-refractivity contribution >= 4 is 5.97 Å². The first kappa shape index (κ1) is 16.2. The van der Waals surface area contributed by atoms with Crippen LogP contribution < -0.4 is 0 Å². The highest BCUT2D eigenvalue weighted by atomic mass is 19.1. The topological polar surface area (TPSA) is 52.1 Å². The number of rotatable bonds is 3. The molecule has 1 fully saturated rings. The minimum Gasteiger partial charge on any atom is -0.465 e. The van der Waals surface area contributed by atoms with Gasteiger partial charge in [0.05, 0.1) is 16.8 Å². The minimum absolute atomic E-state index is 0.0761. The number of carbonyl (C=O) groups excluding carboxylic acids is 1. The largest absolute Gasteiger partial charge is 0.465 e. The zero-order chi connectivity index (χ0) is 17.8. The smallest absolute Gasteiger partial charge is 0.302 e. The molecule has 0 spiro atoms. The Bertz CT molecular complexity index is 865. The molecule has 5 heteroatoms. The average molecular weight is 340 g/mol. The van der Waals surface area contributed by atoms with E-state index < -0.39 is 0 Å². The van der Waals surface area contributed by atoms with Crippen molar-refractivity contribution in [1.82, 2.24) is 10.2 Å². The third-order valence-corrected chi connectivity index (χ3v) is 6.29. The monoisotopic (exact) mass is 340 g/mol. The quantitative estimate of drug-likeness (QED) is 0.793. The summed E-state index contributed by atoms with van der Waals surface area (Å²) < 4.78 is 19.5. The molecule has 2 atom stereocenters. The van der Waals surface area contributed by atoms with Crippen LogP contribution in [0.2, 0.25) is 0 Å². The summed E-state index contributed by atoms with van der Waals surface area (Å²) in [5, 5.41) is 8.80. The summed E-state index contributed by atoms with van der Waals surface area (Å²) in [5.74, 6) is -0.258. The van der Waals surface area contributed by atoms with E-state index in [1.165, 1.54) is 13.0 Å². The molecular formula is C20H21FN2O2. The van der Waals surface area contributed by atoms with Crippen molar-refractivity contribution in [3.05, 3.63) is 47.4 Å². The number of hydrogen-bond donors (Lipinski definition) is 0. The van der Waals surface area contributed by atoms with Crippen LogP contribution in [0.5, 0.6) is 0 Å². The fourth-order valence-corrected chi connectivity index (χ4v) is 4.77. The van der Waals surface area contributed by atoms with Crippen molar-refractivity contribution in [2.75, 3.05) is 6.61 Å². The molecule has 25 heavy (non-hydrogen) atoms. The molecule has 0 saturated heterocycles. The van der Waals surface area contributed by atoms with Gasteiger partial charge in [0.2, 0.25) is 0 Å². The fourth-order valence-electron chi connectivity index (χ4n) is 4.77. The number of halogens is 1. The number of fused-ring (bicyclic) bond motifs is 5. The summed E-state index contributed by atoms with van der Waals surface area (Å²) in [6, 6.07) is 8.59. The van der Waals surface area contributed by atoms with Crippen molar-refractivity contribution < 1.29 is 13.9 Å². The highest BCUT2D eigenvalue weighted by molar-refractivity contribution is 5.66. The number of ether oxygens (including phenoxy) is 1. The molecule has 2 aromatic rings. The summed E-state index contributed by atoms with van der Waals surface area (Å²) in [7, 11) is 0. The van der Waals surface area contributed by atoms with Crippen LogP contribution in [-0.4, -0.2) is 22.8 Å². The standard InChI is InChI=1S/C20H21FN2O2/c1-12(24)25-11-20-9-8-15(19(20,2)3)14-10-17(22-23-18(14)20)13-6-4-5-7-16(13)21/h4-7,10,15H,8-9,11H2,1-3H3. The van der Waals surface area contributed by atoms with Gasteiger partial charge in [-0.05, 0) is 47.9 Å². The molecule has 1 saturated carbocycles. The Balaban J connectivity index is 1.82. The van der Waals surface area contributed by atoms with Gasteiger partial charge in [-0.2, -0.15) is 10.2 Å². The molecule has 130 valence electrons. The van der Waals surface area contributed by atoms with Crippen LogP contribution in [-0.2, 0) is 14.9 Å². The van der Waals surface area contributed by atoms with Gasteiger partial charge >= 0.3 is 5.97 Å².